The number of carbonyl (C=O) groups is 1. The highest BCUT2D eigenvalue weighted by molar-refractivity contribution is 7.08. The molecule has 0 aromatic carbocycles. The Kier molecular flexibility index (Phi) is 5.33. The van der Waals surface area contributed by atoms with E-state index >= 15 is 0 Å². The third kappa shape index (κ3) is 3.31. The van der Waals surface area contributed by atoms with Gasteiger partial charge in [0.15, 0.2) is 0 Å². The van der Waals surface area contributed by atoms with Crippen LogP contribution in [0.5, 0.6) is 0 Å². The molecule has 1 rings (SSSR count). The fourth-order valence-electron chi connectivity index (χ4n) is 1.79. The van der Waals surface area contributed by atoms with Gasteiger partial charge in [0.05, 0.1) is 0 Å². The Morgan fingerprint density at radius 2 is 2.40 bits per heavy atom. The standard InChI is InChI=1S/C13H18OS/c1-3-5-6-11(9-14)13(4-2)12-7-8-15-10-12/h4,7-11,13H,2-3,5-6H2,1H3/t11-,13+/m0/s1. The smallest absolute Gasteiger partial charge is 0.123 e. The third-order valence-electron chi connectivity index (χ3n) is 2.71. The Morgan fingerprint density at radius 3 is 2.87 bits per heavy atom. The molecule has 1 aromatic rings. The summed E-state index contributed by atoms with van der Waals surface area (Å²) in [7, 11) is 0. The van der Waals surface area contributed by atoms with Crippen molar-refractivity contribution < 1.29 is 4.79 Å². The van der Waals surface area contributed by atoms with Crippen LogP contribution in [0.4, 0.5) is 0 Å². The topological polar surface area (TPSA) is 17.1 Å². The maximum absolute atomic E-state index is 11.1. The molecule has 0 saturated carbocycles. The molecule has 0 aliphatic carbocycles. The van der Waals surface area contributed by atoms with E-state index in [9.17, 15) is 4.79 Å². The second kappa shape index (κ2) is 6.57. The lowest BCUT2D eigenvalue weighted by atomic mass is 9.85. The Morgan fingerprint density at radius 1 is 1.60 bits per heavy atom. The van der Waals surface area contributed by atoms with E-state index in [1.165, 1.54) is 5.56 Å². The predicted molar refractivity (Wildman–Crippen MR) is 66.3 cm³/mol. The van der Waals surface area contributed by atoms with Crippen molar-refractivity contribution in [1.82, 2.24) is 0 Å². The Balaban J connectivity index is 2.70. The lowest BCUT2D eigenvalue weighted by molar-refractivity contribution is -0.111. The van der Waals surface area contributed by atoms with Gasteiger partial charge < -0.3 is 4.79 Å². The highest BCUT2D eigenvalue weighted by Gasteiger charge is 2.19. The molecule has 2 heteroatoms. The molecule has 0 aliphatic rings. The molecular weight excluding hydrogens is 204 g/mol. The van der Waals surface area contributed by atoms with Gasteiger partial charge in [0, 0.05) is 11.8 Å². The number of aldehydes is 1. The highest BCUT2D eigenvalue weighted by atomic mass is 32.1. The molecule has 0 fully saturated rings. The summed E-state index contributed by atoms with van der Waals surface area (Å²) >= 11 is 1.67. The highest BCUT2D eigenvalue weighted by Crippen LogP contribution is 2.29. The van der Waals surface area contributed by atoms with Gasteiger partial charge in [-0.05, 0) is 28.8 Å². The summed E-state index contributed by atoms with van der Waals surface area (Å²) in [4.78, 5) is 11.1. The molecule has 1 aromatic heterocycles. The normalized spacial score (nSPS) is 14.5. The van der Waals surface area contributed by atoms with Crippen LogP contribution in [0.15, 0.2) is 29.5 Å². The van der Waals surface area contributed by atoms with Crippen molar-refractivity contribution in [3.8, 4) is 0 Å². The number of carbonyl (C=O) groups excluding carboxylic acids is 1. The van der Waals surface area contributed by atoms with E-state index in [2.05, 4.69) is 24.9 Å². The SMILES string of the molecule is C=C[C@@H](c1ccsc1)[C@H](C=O)CCCC. The molecule has 2 atom stereocenters. The van der Waals surface area contributed by atoms with Crippen LogP contribution in [0.3, 0.4) is 0 Å². The quantitative estimate of drug-likeness (QED) is 0.503. The number of thiophene rings is 1. The maximum atomic E-state index is 11.1. The summed E-state index contributed by atoms with van der Waals surface area (Å²) < 4.78 is 0. The molecule has 82 valence electrons. The van der Waals surface area contributed by atoms with Crippen LogP contribution in [-0.4, -0.2) is 6.29 Å². The number of hydrogen-bond donors (Lipinski definition) is 0. The van der Waals surface area contributed by atoms with Crippen LogP contribution < -0.4 is 0 Å². The van der Waals surface area contributed by atoms with Crippen molar-refractivity contribution in [1.29, 1.82) is 0 Å². The van der Waals surface area contributed by atoms with Crippen LogP contribution in [0.25, 0.3) is 0 Å². The van der Waals surface area contributed by atoms with Crippen molar-refractivity contribution in [2.45, 2.75) is 32.1 Å². The van der Waals surface area contributed by atoms with Gasteiger partial charge in [-0.2, -0.15) is 11.3 Å². The molecule has 0 amide bonds. The van der Waals surface area contributed by atoms with E-state index in [0.717, 1.165) is 25.5 Å². The molecule has 1 heterocycles. The summed E-state index contributed by atoms with van der Waals surface area (Å²) in [5.74, 6) is 0.289. The average Bonchev–Trinajstić information content (AvgIpc) is 2.77. The molecule has 0 aliphatic heterocycles. The molecule has 0 radical (unpaired) electrons. The summed E-state index contributed by atoms with van der Waals surface area (Å²) in [6.07, 6.45) is 6.19. The van der Waals surface area contributed by atoms with E-state index in [0.29, 0.717) is 0 Å². The first-order valence-electron chi connectivity index (χ1n) is 5.43. The monoisotopic (exact) mass is 222 g/mol. The minimum Gasteiger partial charge on any atom is -0.303 e. The molecule has 15 heavy (non-hydrogen) atoms. The lowest BCUT2D eigenvalue weighted by Crippen LogP contribution is -2.12. The number of unbranched alkanes of at least 4 members (excludes halogenated alkanes) is 1. The lowest BCUT2D eigenvalue weighted by Gasteiger charge is -2.18. The zero-order valence-electron chi connectivity index (χ0n) is 9.19. The van der Waals surface area contributed by atoms with Crippen molar-refractivity contribution in [2.24, 2.45) is 5.92 Å². The second-order valence-corrected chi connectivity index (χ2v) is 4.54. The third-order valence-corrected chi connectivity index (χ3v) is 3.41. The molecule has 1 nitrogen and oxygen atoms in total. The van der Waals surface area contributed by atoms with Crippen LogP contribution in [0.1, 0.15) is 37.7 Å². The van der Waals surface area contributed by atoms with Gasteiger partial charge in [-0.25, -0.2) is 0 Å². The fourth-order valence-corrected chi connectivity index (χ4v) is 2.50. The number of allylic oxidation sites excluding steroid dienone is 1. The maximum Gasteiger partial charge on any atom is 0.123 e. The minimum atomic E-state index is 0.0945. The zero-order chi connectivity index (χ0) is 11.1. The van der Waals surface area contributed by atoms with Crippen LogP contribution in [0, 0.1) is 5.92 Å². The van der Waals surface area contributed by atoms with Crippen molar-refractivity contribution in [2.75, 3.05) is 0 Å². The van der Waals surface area contributed by atoms with Crippen molar-refractivity contribution in [3.63, 3.8) is 0 Å². The molecule has 0 saturated heterocycles. The first kappa shape index (κ1) is 12.2. The molecule has 0 N–H and O–H groups in total. The molecule has 0 unspecified atom stereocenters. The number of hydrogen-bond acceptors (Lipinski definition) is 2. The van der Waals surface area contributed by atoms with E-state index < -0.39 is 0 Å². The van der Waals surface area contributed by atoms with Crippen LogP contribution >= 0.6 is 11.3 Å². The van der Waals surface area contributed by atoms with Crippen molar-refractivity contribution >= 4 is 17.6 Å². The van der Waals surface area contributed by atoms with E-state index in [1.807, 2.05) is 11.5 Å². The first-order chi connectivity index (χ1) is 7.33. The molecule has 0 spiro atoms. The number of rotatable bonds is 7. The molecule has 0 bridgehead atoms. The van der Waals surface area contributed by atoms with Gasteiger partial charge in [-0.15, -0.1) is 6.58 Å². The van der Waals surface area contributed by atoms with E-state index in [1.54, 1.807) is 11.3 Å². The van der Waals surface area contributed by atoms with Gasteiger partial charge >= 0.3 is 0 Å². The fraction of sp³-hybridized carbons (Fsp3) is 0.462. The van der Waals surface area contributed by atoms with Crippen molar-refractivity contribution in [3.05, 3.63) is 35.0 Å². The minimum absolute atomic E-state index is 0.0945. The average molecular weight is 222 g/mol. The van der Waals surface area contributed by atoms with Gasteiger partial charge in [0.25, 0.3) is 0 Å². The first-order valence-corrected chi connectivity index (χ1v) is 6.37. The summed E-state index contributed by atoms with van der Waals surface area (Å²) in [5, 5.41) is 4.16. The van der Waals surface area contributed by atoms with Gasteiger partial charge in [0.1, 0.15) is 6.29 Å². The summed E-state index contributed by atoms with van der Waals surface area (Å²) in [6, 6.07) is 2.08. The van der Waals surface area contributed by atoms with E-state index in [-0.39, 0.29) is 11.8 Å². The predicted octanol–water partition coefficient (Wildman–Crippen LogP) is 4.02. The Hall–Kier alpha value is -0.890. The largest absolute Gasteiger partial charge is 0.303 e. The summed E-state index contributed by atoms with van der Waals surface area (Å²) in [6.45, 7) is 5.99. The Labute approximate surface area is 95.8 Å². The molecular formula is C13H18OS. The second-order valence-electron chi connectivity index (χ2n) is 3.76. The van der Waals surface area contributed by atoms with Gasteiger partial charge in [0.2, 0.25) is 0 Å². The van der Waals surface area contributed by atoms with Gasteiger partial charge in [-0.3, -0.25) is 0 Å². The van der Waals surface area contributed by atoms with Crippen LogP contribution in [0.2, 0.25) is 0 Å². The summed E-state index contributed by atoms with van der Waals surface area (Å²) in [5.41, 5.74) is 1.23. The van der Waals surface area contributed by atoms with Crippen LogP contribution in [-0.2, 0) is 4.79 Å². The Bertz CT molecular complexity index is 289. The zero-order valence-corrected chi connectivity index (χ0v) is 10.0. The van der Waals surface area contributed by atoms with E-state index in [4.69, 9.17) is 0 Å². The van der Waals surface area contributed by atoms with Gasteiger partial charge in [-0.1, -0.05) is 25.8 Å².